The van der Waals surface area contributed by atoms with E-state index in [1.165, 1.54) is 5.38 Å². The number of nitrogens with one attached hydrogen (secondary N) is 5. The second-order valence-electron chi connectivity index (χ2n) is 13.6. The first kappa shape index (κ1) is 42.0. The molecular weight excluding hydrogens is 791 g/mol. The number of nitrogens with zero attached hydrogens (tertiary/aromatic N) is 4. The van der Waals surface area contributed by atoms with Gasteiger partial charge >= 0.3 is 0 Å². The number of rotatable bonds is 20. The maximum Gasteiger partial charge on any atom is 0.276 e. The van der Waals surface area contributed by atoms with Crippen molar-refractivity contribution in [3.8, 4) is 0 Å². The molecule has 0 saturated carbocycles. The van der Waals surface area contributed by atoms with Gasteiger partial charge in [0.1, 0.15) is 17.1 Å². The summed E-state index contributed by atoms with van der Waals surface area (Å²) in [5.41, 5.74) is 3.33. The molecule has 0 unspecified atom stereocenters. The minimum absolute atomic E-state index is 0.0788. The van der Waals surface area contributed by atoms with Gasteiger partial charge < -0.3 is 15.5 Å². The number of carbonyl (C=O) groups is 4. The van der Waals surface area contributed by atoms with E-state index in [4.69, 9.17) is 0 Å². The first-order chi connectivity index (χ1) is 28.2. The molecule has 0 radical (unpaired) electrons. The molecular formula is C42H45N9O4S3. The molecule has 0 fully saturated rings. The highest BCUT2D eigenvalue weighted by molar-refractivity contribution is 7.15. The van der Waals surface area contributed by atoms with Crippen LogP contribution >= 0.6 is 34.0 Å². The number of anilines is 3. The molecule has 6 aromatic rings. The molecule has 0 aliphatic rings. The Hall–Kier alpha value is -5.65. The van der Waals surface area contributed by atoms with Crippen molar-refractivity contribution >= 4 is 73.0 Å². The van der Waals surface area contributed by atoms with Crippen molar-refractivity contribution in [2.45, 2.75) is 37.6 Å². The van der Waals surface area contributed by atoms with E-state index in [1.54, 1.807) is 10.8 Å². The molecule has 0 aliphatic heterocycles. The van der Waals surface area contributed by atoms with Crippen LogP contribution in [0.3, 0.4) is 0 Å². The van der Waals surface area contributed by atoms with E-state index >= 15 is 0 Å². The van der Waals surface area contributed by atoms with Crippen LogP contribution in [0.25, 0.3) is 0 Å². The van der Waals surface area contributed by atoms with Gasteiger partial charge in [0.15, 0.2) is 15.4 Å². The Morgan fingerprint density at radius 1 is 0.552 bits per heavy atom. The van der Waals surface area contributed by atoms with Gasteiger partial charge in [-0.05, 0) is 63.1 Å². The van der Waals surface area contributed by atoms with E-state index in [-0.39, 0.29) is 39.2 Å². The van der Waals surface area contributed by atoms with Gasteiger partial charge in [-0.1, -0.05) is 97.4 Å². The van der Waals surface area contributed by atoms with Crippen molar-refractivity contribution in [3.05, 3.63) is 141 Å². The summed E-state index contributed by atoms with van der Waals surface area (Å²) in [5.74, 6) is -1.54. The molecule has 0 atom stereocenters. The summed E-state index contributed by atoms with van der Waals surface area (Å²) in [6.07, 6.45) is 3.52. The van der Waals surface area contributed by atoms with Gasteiger partial charge in [-0.2, -0.15) is 0 Å². The summed E-state index contributed by atoms with van der Waals surface area (Å²) in [6, 6.07) is 31.4. The van der Waals surface area contributed by atoms with Crippen LogP contribution in [0.2, 0.25) is 0 Å². The highest BCUT2D eigenvalue weighted by Crippen LogP contribution is 2.36. The molecule has 4 amide bonds. The number of amides is 4. The smallest absolute Gasteiger partial charge is 0.276 e. The molecule has 0 spiro atoms. The minimum Gasteiger partial charge on any atom is -0.351 e. The predicted octanol–water partition coefficient (Wildman–Crippen LogP) is 7.32. The van der Waals surface area contributed by atoms with Crippen molar-refractivity contribution in [1.82, 2.24) is 30.5 Å². The Morgan fingerprint density at radius 2 is 1.00 bits per heavy atom. The standard InChI is InChI=1S/C42H45N9O4S3/c1-51(2)25-15-23-43-36(53)32-26-57-40(45-32)49-38(55)34-28-58-41(47-34)50-37(54)33-27-56-39(46-33)48-35(52)22-13-6-14-24-44-42(29-16-7-3-8-17-29,30-18-9-4-10-19-30)31-20-11-5-12-21-31/h3-5,7-12,16-21,26-28,44H,6,13-15,22-25H2,1-2H3,(H,43,53)(H,45,49,55)(H,46,48,52)(H,47,50,54). The fourth-order valence-electron chi connectivity index (χ4n) is 6.23. The Balaban J connectivity index is 0.936. The van der Waals surface area contributed by atoms with Crippen molar-refractivity contribution < 1.29 is 19.2 Å². The van der Waals surface area contributed by atoms with Gasteiger partial charge in [-0.3, -0.25) is 35.1 Å². The van der Waals surface area contributed by atoms with Crippen LogP contribution in [0.5, 0.6) is 0 Å². The largest absolute Gasteiger partial charge is 0.351 e. The van der Waals surface area contributed by atoms with Gasteiger partial charge in [0.05, 0.1) is 5.54 Å². The molecule has 0 bridgehead atoms. The topological polar surface area (TPSA) is 170 Å². The average Bonchev–Trinajstić information content (AvgIpc) is 4.03. The van der Waals surface area contributed by atoms with Crippen LogP contribution in [0, 0.1) is 0 Å². The number of unbranched alkanes of at least 4 members (excludes halogenated alkanes) is 2. The number of carbonyl (C=O) groups excluding carboxylic acids is 4. The van der Waals surface area contributed by atoms with Crippen molar-refractivity contribution in [1.29, 1.82) is 0 Å². The molecule has 13 nitrogen and oxygen atoms in total. The summed E-state index contributed by atoms with van der Waals surface area (Å²) in [4.78, 5) is 65.6. The highest BCUT2D eigenvalue weighted by Gasteiger charge is 2.35. The van der Waals surface area contributed by atoms with Crippen molar-refractivity contribution in [3.63, 3.8) is 0 Å². The Morgan fingerprint density at radius 3 is 1.47 bits per heavy atom. The van der Waals surface area contributed by atoms with Crippen LogP contribution in [0.1, 0.15) is 80.3 Å². The van der Waals surface area contributed by atoms with Crippen molar-refractivity contribution in [2.75, 3.05) is 49.7 Å². The Bertz CT molecular complexity index is 2160. The summed E-state index contributed by atoms with van der Waals surface area (Å²) < 4.78 is 0. The Labute approximate surface area is 349 Å². The summed E-state index contributed by atoms with van der Waals surface area (Å²) in [5, 5.41) is 20.2. The lowest BCUT2D eigenvalue weighted by Gasteiger charge is -2.37. The number of hydrogen-bond donors (Lipinski definition) is 5. The lowest BCUT2D eigenvalue weighted by atomic mass is 9.77. The average molecular weight is 836 g/mol. The van der Waals surface area contributed by atoms with Crippen molar-refractivity contribution in [2.24, 2.45) is 0 Å². The van der Waals surface area contributed by atoms with Crippen LogP contribution < -0.4 is 26.6 Å². The molecule has 3 aromatic carbocycles. The Kier molecular flexibility index (Phi) is 15.0. The molecule has 0 aliphatic carbocycles. The van der Waals surface area contributed by atoms with E-state index in [9.17, 15) is 19.2 Å². The first-order valence-electron chi connectivity index (χ1n) is 18.8. The SMILES string of the molecule is CN(C)CCCNC(=O)c1csc(NC(=O)c2csc(NC(=O)c3csc(NC(=O)CCCCCNC(c4ccccc4)(c4ccccc4)c4ccccc4)n3)n2)n1. The second-order valence-corrected chi connectivity index (χ2v) is 16.1. The predicted molar refractivity (Wildman–Crippen MR) is 232 cm³/mol. The number of hydrogen-bond acceptors (Lipinski definition) is 12. The van der Waals surface area contributed by atoms with Crippen LogP contribution in [0.4, 0.5) is 15.4 Å². The van der Waals surface area contributed by atoms with E-state index in [0.717, 1.165) is 83.1 Å². The van der Waals surface area contributed by atoms with Gasteiger partial charge in [-0.15, -0.1) is 34.0 Å². The monoisotopic (exact) mass is 835 g/mol. The zero-order valence-electron chi connectivity index (χ0n) is 32.2. The van der Waals surface area contributed by atoms with E-state index < -0.39 is 17.4 Å². The second kappa shape index (κ2) is 20.7. The molecule has 0 saturated heterocycles. The fourth-order valence-corrected chi connectivity index (χ4v) is 8.31. The third kappa shape index (κ3) is 11.3. The van der Waals surface area contributed by atoms with Crippen LogP contribution in [-0.4, -0.2) is 77.2 Å². The maximum atomic E-state index is 12.9. The van der Waals surface area contributed by atoms with Gasteiger partial charge in [0.25, 0.3) is 17.7 Å². The molecule has 58 heavy (non-hydrogen) atoms. The third-order valence-electron chi connectivity index (χ3n) is 9.06. The summed E-state index contributed by atoms with van der Waals surface area (Å²) in [6.45, 7) is 2.10. The summed E-state index contributed by atoms with van der Waals surface area (Å²) in [7, 11) is 3.93. The quantitative estimate of drug-likeness (QED) is 0.0391. The number of aromatic nitrogens is 3. The lowest BCUT2D eigenvalue weighted by molar-refractivity contribution is -0.116. The fraction of sp³-hybridized carbons (Fsp3) is 0.262. The molecule has 3 aromatic heterocycles. The summed E-state index contributed by atoms with van der Waals surface area (Å²) >= 11 is 3.35. The maximum absolute atomic E-state index is 12.9. The van der Waals surface area contributed by atoms with Gasteiger partial charge in [-0.25, -0.2) is 15.0 Å². The third-order valence-corrected chi connectivity index (χ3v) is 11.3. The lowest BCUT2D eigenvalue weighted by Crippen LogP contribution is -2.45. The van der Waals surface area contributed by atoms with Crippen LogP contribution in [-0.2, 0) is 10.3 Å². The molecule has 5 N–H and O–H groups in total. The number of thiazole rings is 3. The first-order valence-corrected chi connectivity index (χ1v) is 21.5. The van der Waals surface area contributed by atoms with Gasteiger partial charge in [0.2, 0.25) is 5.91 Å². The molecule has 6 rings (SSSR count). The van der Waals surface area contributed by atoms with E-state index in [1.807, 2.05) is 37.2 Å². The van der Waals surface area contributed by atoms with Crippen LogP contribution in [0.15, 0.2) is 107 Å². The molecule has 3 heterocycles. The zero-order chi connectivity index (χ0) is 40.7. The zero-order valence-corrected chi connectivity index (χ0v) is 34.6. The molecule has 16 heteroatoms. The highest BCUT2D eigenvalue weighted by atomic mass is 32.1. The van der Waals surface area contributed by atoms with E-state index in [2.05, 4.69) is 114 Å². The number of benzene rings is 3. The normalized spacial score (nSPS) is 11.3. The van der Waals surface area contributed by atoms with E-state index in [0.29, 0.717) is 24.5 Å². The molecule has 300 valence electrons. The minimum atomic E-state index is -0.536. The van der Waals surface area contributed by atoms with Gasteiger partial charge in [0, 0.05) is 29.1 Å².